The van der Waals surface area contributed by atoms with Gasteiger partial charge in [-0.1, -0.05) is 26.0 Å². The third-order valence-corrected chi connectivity index (χ3v) is 3.04. The molecule has 1 aromatic carbocycles. The Bertz CT molecular complexity index is 470. The van der Waals surface area contributed by atoms with E-state index in [1.54, 1.807) is 0 Å². The molecular formula is C15H17FO. The summed E-state index contributed by atoms with van der Waals surface area (Å²) >= 11 is 0. The van der Waals surface area contributed by atoms with Gasteiger partial charge >= 0.3 is 0 Å². The molecular weight excluding hydrogens is 215 g/mol. The van der Waals surface area contributed by atoms with Gasteiger partial charge in [-0.25, -0.2) is 4.39 Å². The van der Waals surface area contributed by atoms with E-state index in [4.69, 9.17) is 4.42 Å². The van der Waals surface area contributed by atoms with E-state index in [-0.39, 0.29) is 5.82 Å². The molecule has 0 saturated carbocycles. The molecule has 0 radical (unpaired) electrons. The van der Waals surface area contributed by atoms with Crippen LogP contribution in [0.15, 0.2) is 41.0 Å². The fourth-order valence-corrected chi connectivity index (χ4v) is 1.98. The lowest BCUT2D eigenvalue weighted by Crippen LogP contribution is -1.97. The van der Waals surface area contributed by atoms with Gasteiger partial charge in [0.15, 0.2) is 0 Å². The number of rotatable bonds is 4. The van der Waals surface area contributed by atoms with Gasteiger partial charge in [-0.2, -0.15) is 0 Å². The summed E-state index contributed by atoms with van der Waals surface area (Å²) in [5, 5.41) is 0. The Morgan fingerprint density at radius 1 is 1.24 bits per heavy atom. The monoisotopic (exact) mass is 232 g/mol. The summed E-state index contributed by atoms with van der Waals surface area (Å²) in [6.45, 7) is 4.22. The molecule has 1 heterocycles. The number of hydrogen-bond acceptors (Lipinski definition) is 1. The lowest BCUT2D eigenvalue weighted by molar-refractivity contribution is 0.513. The molecule has 0 amide bonds. The molecule has 1 atom stereocenters. The molecule has 90 valence electrons. The summed E-state index contributed by atoms with van der Waals surface area (Å²) in [5.74, 6) is 1.21. The highest BCUT2D eigenvalue weighted by atomic mass is 19.1. The predicted molar refractivity (Wildman–Crippen MR) is 66.6 cm³/mol. The third-order valence-electron chi connectivity index (χ3n) is 3.04. The molecule has 17 heavy (non-hydrogen) atoms. The molecule has 1 unspecified atom stereocenters. The standard InChI is InChI=1S/C15H17FO/c1-3-15-9-12(10-17-15)8-11(2)13-4-6-14(16)7-5-13/h4-7,9-11H,3,8H2,1-2H3. The second-order valence-corrected chi connectivity index (χ2v) is 4.43. The summed E-state index contributed by atoms with van der Waals surface area (Å²) in [7, 11) is 0. The van der Waals surface area contributed by atoms with E-state index in [0.717, 1.165) is 24.2 Å². The number of furan rings is 1. The fraction of sp³-hybridized carbons (Fsp3) is 0.333. The zero-order chi connectivity index (χ0) is 12.3. The quantitative estimate of drug-likeness (QED) is 0.764. The van der Waals surface area contributed by atoms with Gasteiger partial charge in [0.1, 0.15) is 11.6 Å². The van der Waals surface area contributed by atoms with Crippen LogP contribution in [-0.2, 0) is 12.8 Å². The molecule has 1 nitrogen and oxygen atoms in total. The molecule has 2 aromatic rings. The summed E-state index contributed by atoms with van der Waals surface area (Å²) in [6, 6.07) is 8.82. The highest BCUT2D eigenvalue weighted by Crippen LogP contribution is 2.22. The molecule has 0 N–H and O–H groups in total. The summed E-state index contributed by atoms with van der Waals surface area (Å²) in [4.78, 5) is 0. The van der Waals surface area contributed by atoms with Crippen molar-refractivity contribution in [2.45, 2.75) is 32.6 Å². The first kappa shape index (κ1) is 11.9. The van der Waals surface area contributed by atoms with Gasteiger partial charge in [0.2, 0.25) is 0 Å². The Morgan fingerprint density at radius 3 is 2.53 bits per heavy atom. The van der Waals surface area contributed by atoms with Crippen molar-refractivity contribution < 1.29 is 8.81 Å². The summed E-state index contributed by atoms with van der Waals surface area (Å²) in [5.41, 5.74) is 2.37. The topological polar surface area (TPSA) is 13.1 Å². The van der Waals surface area contributed by atoms with Crippen LogP contribution in [0.25, 0.3) is 0 Å². The number of benzene rings is 1. The van der Waals surface area contributed by atoms with Gasteiger partial charge in [-0.15, -0.1) is 0 Å². The molecule has 2 heteroatoms. The van der Waals surface area contributed by atoms with Crippen molar-refractivity contribution in [3.8, 4) is 0 Å². The van der Waals surface area contributed by atoms with E-state index < -0.39 is 0 Å². The van der Waals surface area contributed by atoms with Gasteiger partial charge in [0.25, 0.3) is 0 Å². The first-order valence-electron chi connectivity index (χ1n) is 6.00. The molecule has 0 saturated heterocycles. The van der Waals surface area contributed by atoms with Crippen LogP contribution in [0.5, 0.6) is 0 Å². The molecule has 0 spiro atoms. The van der Waals surface area contributed by atoms with Crippen LogP contribution in [0.2, 0.25) is 0 Å². The summed E-state index contributed by atoms with van der Waals surface area (Å²) < 4.78 is 18.2. The van der Waals surface area contributed by atoms with Crippen LogP contribution in [-0.4, -0.2) is 0 Å². The second-order valence-electron chi connectivity index (χ2n) is 4.43. The van der Waals surface area contributed by atoms with Gasteiger partial charge < -0.3 is 4.42 Å². The van der Waals surface area contributed by atoms with Crippen molar-refractivity contribution in [1.29, 1.82) is 0 Å². The van der Waals surface area contributed by atoms with E-state index in [1.807, 2.05) is 18.4 Å². The summed E-state index contributed by atoms with van der Waals surface area (Å²) in [6.07, 6.45) is 3.67. The molecule has 2 rings (SSSR count). The van der Waals surface area contributed by atoms with E-state index in [1.165, 1.54) is 17.7 Å². The van der Waals surface area contributed by atoms with Crippen LogP contribution >= 0.6 is 0 Å². The lowest BCUT2D eigenvalue weighted by Gasteiger charge is -2.10. The minimum absolute atomic E-state index is 0.183. The average molecular weight is 232 g/mol. The SMILES string of the molecule is CCc1cc(CC(C)c2ccc(F)cc2)co1. The molecule has 0 aliphatic rings. The first-order valence-corrected chi connectivity index (χ1v) is 6.00. The molecule has 0 bridgehead atoms. The van der Waals surface area contributed by atoms with Crippen molar-refractivity contribution in [2.75, 3.05) is 0 Å². The zero-order valence-corrected chi connectivity index (χ0v) is 10.2. The van der Waals surface area contributed by atoms with E-state index >= 15 is 0 Å². The highest BCUT2D eigenvalue weighted by Gasteiger charge is 2.09. The van der Waals surface area contributed by atoms with Crippen molar-refractivity contribution in [1.82, 2.24) is 0 Å². The normalized spacial score (nSPS) is 12.6. The van der Waals surface area contributed by atoms with Crippen LogP contribution < -0.4 is 0 Å². The average Bonchev–Trinajstić information content (AvgIpc) is 2.77. The fourth-order valence-electron chi connectivity index (χ4n) is 1.98. The van der Waals surface area contributed by atoms with Crippen LogP contribution in [0.1, 0.15) is 36.7 Å². The van der Waals surface area contributed by atoms with Crippen LogP contribution in [0.3, 0.4) is 0 Å². The van der Waals surface area contributed by atoms with Crippen molar-refractivity contribution in [3.63, 3.8) is 0 Å². The largest absolute Gasteiger partial charge is 0.469 e. The van der Waals surface area contributed by atoms with E-state index in [2.05, 4.69) is 19.9 Å². The van der Waals surface area contributed by atoms with Gasteiger partial charge in [0, 0.05) is 6.42 Å². The van der Waals surface area contributed by atoms with Gasteiger partial charge in [0.05, 0.1) is 6.26 Å². The van der Waals surface area contributed by atoms with E-state index in [0.29, 0.717) is 5.92 Å². The minimum Gasteiger partial charge on any atom is -0.469 e. The van der Waals surface area contributed by atoms with Crippen LogP contribution in [0, 0.1) is 5.82 Å². The van der Waals surface area contributed by atoms with Crippen molar-refractivity contribution >= 4 is 0 Å². The highest BCUT2D eigenvalue weighted by molar-refractivity contribution is 5.23. The molecule has 0 aliphatic carbocycles. The Hall–Kier alpha value is -1.57. The van der Waals surface area contributed by atoms with Gasteiger partial charge in [-0.3, -0.25) is 0 Å². The number of hydrogen-bond donors (Lipinski definition) is 0. The minimum atomic E-state index is -0.183. The maximum absolute atomic E-state index is 12.8. The van der Waals surface area contributed by atoms with E-state index in [9.17, 15) is 4.39 Å². The van der Waals surface area contributed by atoms with Gasteiger partial charge in [-0.05, 0) is 41.7 Å². The predicted octanol–water partition coefficient (Wildman–Crippen LogP) is 4.33. The Kier molecular flexibility index (Phi) is 3.62. The molecule has 0 aliphatic heterocycles. The van der Waals surface area contributed by atoms with Crippen molar-refractivity contribution in [3.05, 3.63) is 59.3 Å². The maximum Gasteiger partial charge on any atom is 0.123 e. The number of aryl methyl sites for hydroxylation is 1. The van der Waals surface area contributed by atoms with Crippen molar-refractivity contribution in [2.24, 2.45) is 0 Å². The lowest BCUT2D eigenvalue weighted by atomic mass is 9.95. The number of halogens is 1. The molecule has 1 aromatic heterocycles. The second kappa shape index (κ2) is 5.17. The maximum atomic E-state index is 12.8. The van der Waals surface area contributed by atoms with Crippen LogP contribution in [0.4, 0.5) is 4.39 Å². The zero-order valence-electron chi connectivity index (χ0n) is 10.2. The first-order chi connectivity index (χ1) is 8.19. The Balaban J connectivity index is 2.05. The molecule has 0 fully saturated rings. The Morgan fingerprint density at radius 2 is 1.94 bits per heavy atom. The third kappa shape index (κ3) is 2.96. The smallest absolute Gasteiger partial charge is 0.123 e. The Labute approximate surface area is 101 Å².